The first-order valence-electron chi connectivity index (χ1n) is 8.82. The molecule has 3 rings (SSSR count). The number of rotatable bonds is 6. The summed E-state index contributed by atoms with van der Waals surface area (Å²) in [6.07, 6.45) is 3.39. The van der Waals surface area contributed by atoms with Gasteiger partial charge in [-0.25, -0.2) is 9.59 Å². The van der Waals surface area contributed by atoms with Crippen molar-refractivity contribution in [2.24, 2.45) is 0 Å². The van der Waals surface area contributed by atoms with Gasteiger partial charge in [0.1, 0.15) is 5.76 Å². The Labute approximate surface area is 166 Å². The molecule has 9 heteroatoms. The number of imide groups is 1. The number of hydrogen-bond acceptors (Lipinski definition) is 6. The SMILES string of the molecule is Cc1ccc(NC(=O)NC(=O)COC(=O)c2ccc(Cn3cccn3)o2)c(C)c1. The molecule has 1 aromatic carbocycles. The molecule has 3 amide bonds. The number of urea groups is 1. The molecule has 0 aliphatic rings. The third-order valence-electron chi connectivity index (χ3n) is 3.96. The quantitative estimate of drug-likeness (QED) is 0.619. The first kappa shape index (κ1) is 19.9. The molecule has 9 nitrogen and oxygen atoms in total. The molecular weight excluding hydrogens is 376 g/mol. The van der Waals surface area contributed by atoms with Gasteiger partial charge in [0.2, 0.25) is 5.76 Å². The van der Waals surface area contributed by atoms with Crippen molar-refractivity contribution in [2.45, 2.75) is 20.4 Å². The van der Waals surface area contributed by atoms with Gasteiger partial charge in [0.05, 0.1) is 6.54 Å². The molecule has 150 valence electrons. The van der Waals surface area contributed by atoms with Crippen molar-refractivity contribution in [1.82, 2.24) is 15.1 Å². The molecule has 0 radical (unpaired) electrons. The average Bonchev–Trinajstić information content (AvgIpc) is 3.34. The van der Waals surface area contributed by atoms with Crippen molar-refractivity contribution >= 4 is 23.6 Å². The number of aryl methyl sites for hydroxylation is 2. The van der Waals surface area contributed by atoms with Crippen molar-refractivity contribution in [3.05, 3.63) is 71.4 Å². The molecule has 2 N–H and O–H groups in total. The van der Waals surface area contributed by atoms with E-state index in [9.17, 15) is 14.4 Å². The lowest BCUT2D eigenvalue weighted by atomic mass is 10.1. The van der Waals surface area contributed by atoms with Crippen LogP contribution in [0.25, 0.3) is 0 Å². The number of nitrogens with one attached hydrogen (secondary N) is 2. The van der Waals surface area contributed by atoms with Crippen molar-refractivity contribution in [1.29, 1.82) is 0 Å². The minimum Gasteiger partial charge on any atom is -0.452 e. The number of esters is 1. The summed E-state index contributed by atoms with van der Waals surface area (Å²) >= 11 is 0. The second-order valence-corrected chi connectivity index (χ2v) is 6.37. The Morgan fingerprint density at radius 2 is 2.00 bits per heavy atom. The topological polar surface area (TPSA) is 115 Å². The maximum atomic E-state index is 12.0. The summed E-state index contributed by atoms with van der Waals surface area (Å²) in [5.74, 6) is -1.09. The number of amides is 3. The minimum absolute atomic E-state index is 0.0420. The van der Waals surface area contributed by atoms with Crippen molar-refractivity contribution in [3.63, 3.8) is 0 Å². The predicted molar refractivity (Wildman–Crippen MR) is 103 cm³/mol. The fourth-order valence-electron chi connectivity index (χ4n) is 2.60. The molecule has 29 heavy (non-hydrogen) atoms. The van der Waals surface area contributed by atoms with Crippen LogP contribution in [0.4, 0.5) is 10.5 Å². The number of anilines is 1. The molecule has 0 saturated heterocycles. The molecule has 2 aromatic heterocycles. The fraction of sp³-hybridized carbons (Fsp3) is 0.200. The lowest BCUT2D eigenvalue weighted by Gasteiger charge is -2.10. The van der Waals surface area contributed by atoms with Crippen LogP contribution in [-0.4, -0.2) is 34.3 Å². The Morgan fingerprint density at radius 1 is 1.17 bits per heavy atom. The van der Waals surface area contributed by atoms with Gasteiger partial charge in [-0.1, -0.05) is 17.7 Å². The molecule has 2 heterocycles. The monoisotopic (exact) mass is 396 g/mol. The van der Waals surface area contributed by atoms with E-state index in [0.717, 1.165) is 11.1 Å². The number of carbonyl (C=O) groups excluding carboxylic acids is 3. The van der Waals surface area contributed by atoms with Crippen LogP contribution in [0.1, 0.15) is 27.4 Å². The standard InChI is InChI=1S/C20H20N4O5/c1-13-4-6-16(14(2)10-13)22-20(27)23-18(25)12-28-19(26)17-7-5-15(29-17)11-24-9-3-8-21-24/h3-10H,11-12H2,1-2H3,(H2,22,23,25,27). The van der Waals surface area contributed by atoms with E-state index in [2.05, 4.69) is 15.7 Å². The Kier molecular flexibility index (Phi) is 6.08. The number of ether oxygens (including phenoxy) is 1. The van der Waals surface area contributed by atoms with Crippen LogP contribution in [0.2, 0.25) is 0 Å². The third-order valence-corrected chi connectivity index (χ3v) is 3.96. The van der Waals surface area contributed by atoms with Crippen LogP contribution in [0.15, 0.2) is 53.2 Å². The highest BCUT2D eigenvalue weighted by molar-refractivity contribution is 6.02. The first-order valence-corrected chi connectivity index (χ1v) is 8.82. The van der Waals surface area contributed by atoms with Crippen LogP contribution in [0.5, 0.6) is 0 Å². The third kappa shape index (κ3) is 5.55. The fourth-order valence-corrected chi connectivity index (χ4v) is 2.60. The molecule has 0 bridgehead atoms. The zero-order valence-corrected chi connectivity index (χ0v) is 16.0. The smallest absolute Gasteiger partial charge is 0.374 e. The predicted octanol–water partition coefficient (Wildman–Crippen LogP) is 2.65. The number of furan rings is 1. The van der Waals surface area contributed by atoms with Crippen LogP contribution in [0, 0.1) is 13.8 Å². The van der Waals surface area contributed by atoms with Gasteiger partial charge in [-0.15, -0.1) is 0 Å². The Bertz CT molecular complexity index is 1020. The summed E-state index contributed by atoms with van der Waals surface area (Å²) in [6, 6.07) is 9.62. The summed E-state index contributed by atoms with van der Waals surface area (Å²) in [5, 5.41) is 8.72. The van der Waals surface area contributed by atoms with Gasteiger partial charge in [-0.3, -0.25) is 14.8 Å². The Morgan fingerprint density at radius 3 is 2.72 bits per heavy atom. The zero-order valence-electron chi connectivity index (χ0n) is 16.0. The van der Waals surface area contributed by atoms with Gasteiger partial charge in [0.15, 0.2) is 6.61 Å². The second kappa shape index (κ2) is 8.87. The van der Waals surface area contributed by atoms with E-state index in [1.807, 2.05) is 26.0 Å². The summed E-state index contributed by atoms with van der Waals surface area (Å²) in [4.78, 5) is 35.8. The Hall–Kier alpha value is -3.88. The summed E-state index contributed by atoms with van der Waals surface area (Å²) in [7, 11) is 0. The Balaban J connectivity index is 1.45. The van der Waals surface area contributed by atoms with E-state index in [1.165, 1.54) is 6.07 Å². The number of benzene rings is 1. The van der Waals surface area contributed by atoms with Crippen molar-refractivity contribution in [2.75, 3.05) is 11.9 Å². The maximum absolute atomic E-state index is 12.0. The molecule has 3 aromatic rings. The highest BCUT2D eigenvalue weighted by Crippen LogP contribution is 2.15. The van der Waals surface area contributed by atoms with Gasteiger partial charge in [-0.2, -0.15) is 5.10 Å². The summed E-state index contributed by atoms with van der Waals surface area (Å²) in [5.41, 5.74) is 2.50. The van der Waals surface area contributed by atoms with E-state index in [-0.39, 0.29) is 5.76 Å². The number of nitrogens with zero attached hydrogens (tertiary/aromatic N) is 2. The average molecular weight is 396 g/mol. The molecule has 0 atom stereocenters. The van der Waals surface area contributed by atoms with Gasteiger partial charge in [-0.05, 0) is 43.7 Å². The summed E-state index contributed by atoms with van der Waals surface area (Å²) < 4.78 is 11.9. The highest BCUT2D eigenvalue weighted by atomic mass is 16.5. The number of hydrogen-bond donors (Lipinski definition) is 2. The molecule has 0 unspecified atom stereocenters. The van der Waals surface area contributed by atoms with Gasteiger partial charge in [0.25, 0.3) is 5.91 Å². The van der Waals surface area contributed by atoms with Gasteiger partial charge in [0, 0.05) is 18.1 Å². The van der Waals surface area contributed by atoms with E-state index < -0.39 is 24.5 Å². The van der Waals surface area contributed by atoms with Crippen molar-refractivity contribution < 1.29 is 23.5 Å². The molecule has 0 aliphatic carbocycles. The van der Waals surface area contributed by atoms with Crippen LogP contribution in [-0.2, 0) is 16.1 Å². The van der Waals surface area contributed by atoms with Crippen LogP contribution >= 0.6 is 0 Å². The maximum Gasteiger partial charge on any atom is 0.374 e. The minimum atomic E-state index is -0.804. The zero-order chi connectivity index (χ0) is 20.8. The molecule has 0 fully saturated rings. The largest absolute Gasteiger partial charge is 0.452 e. The van der Waals surface area contributed by atoms with E-state index in [1.54, 1.807) is 35.3 Å². The number of carbonyl (C=O) groups is 3. The first-order chi connectivity index (χ1) is 13.9. The molecule has 0 aliphatic heterocycles. The van der Waals surface area contributed by atoms with E-state index in [0.29, 0.717) is 18.0 Å². The lowest BCUT2D eigenvalue weighted by Crippen LogP contribution is -2.37. The van der Waals surface area contributed by atoms with Gasteiger partial charge >= 0.3 is 12.0 Å². The normalized spacial score (nSPS) is 10.4. The highest BCUT2D eigenvalue weighted by Gasteiger charge is 2.16. The summed E-state index contributed by atoms with van der Waals surface area (Å²) in [6.45, 7) is 3.53. The molecular formula is C20H20N4O5. The van der Waals surface area contributed by atoms with Gasteiger partial charge < -0.3 is 14.5 Å². The number of aromatic nitrogens is 2. The second-order valence-electron chi connectivity index (χ2n) is 6.37. The van der Waals surface area contributed by atoms with E-state index in [4.69, 9.17) is 9.15 Å². The molecule has 0 spiro atoms. The molecule has 0 saturated carbocycles. The van der Waals surface area contributed by atoms with Crippen LogP contribution < -0.4 is 10.6 Å². The van der Waals surface area contributed by atoms with Crippen LogP contribution in [0.3, 0.4) is 0 Å². The van der Waals surface area contributed by atoms with Crippen molar-refractivity contribution in [3.8, 4) is 0 Å². The van der Waals surface area contributed by atoms with E-state index >= 15 is 0 Å². The lowest BCUT2D eigenvalue weighted by molar-refractivity contribution is -0.123.